The zero-order chi connectivity index (χ0) is 16.3. The number of rotatable bonds is 7. The Morgan fingerprint density at radius 2 is 2.09 bits per heavy atom. The first kappa shape index (κ1) is 16.7. The molecule has 5 heteroatoms. The predicted molar refractivity (Wildman–Crippen MR) is 86.7 cm³/mol. The van der Waals surface area contributed by atoms with Gasteiger partial charge in [0.25, 0.3) is 5.91 Å². The van der Waals surface area contributed by atoms with E-state index in [1.165, 1.54) is 18.9 Å². The monoisotopic (exact) mass is 308 g/mol. The number of nitrogens with zero attached hydrogens (tertiary/aromatic N) is 1. The van der Waals surface area contributed by atoms with Gasteiger partial charge in [-0.2, -0.15) is 0 Å². The molecule has 0 saturated heterocycles. The van der Waals surface area contributed by atoms with Crippen LogP contribution in [0.3, 0.4) is 0 Å². The molecular formula is C17H25FN2O2. The molecule has 1 N–H and O–H groups in total. The molecule has 1 atom stereocenters. The van der Waals surface area contributed by atoms with Crippen molar-refractivity contribution in [2.75, 3.05) is 23.9 Å². The number of hydrogen-bond donors (Lipinski definition) is 1. The highest BCUT2D eigenvalue weighted by Gasteiger charge is 2.24. The number of nitrogens with one attached hydrogen (secondary N) is 1. The maximum absolute atomic E-state index is 14.2. The van der Waals surface area contributed by atoms with Gasteiger partial charge in [-0.25, -0.2) is 4.39 Å². The smallest absolute Gasteiger partial charge is 0.253 e. The van der Waals surface area contributed by atoms with Gasteiger partial charge in [-0.05, 0) is 57.7 Å². The molecule has 4 nitrogen and oxygen atoms in total. The molecule has 22 heavy (non-hydrogen) atoms. The van der Waals surface area contributed by atoms with Crippen molar-refractivity contribution < 1.29 is 13.9 Å². The van der Waals surface area contributed by atoms with Crippen molar-refractivity contribution in [3.8, 4) is 0 Å². The van der Waals surface area contributed by atoms with Gasteiger partial charge in [0.2, 0.25) is 0 Å². The van der Waals surface area contributed by atoms with E-state index in [9.17, 15) is 9.18 Å². The summed E-state index contributed by atoms with van der Waals surface area (Å²) in [5.74, 6) is 0.0177. The van der Waals surface area contributed by atoms with E-state index >= 15 is 0 Å². The molecule has 1 saturated carbocycles. The highest BCUT2D eigenvalue weighted by atomic mass is 19.1. The Bertz CT molecular complexity index is 529. The van der Waals surface area contributed by atoms with Crippen LogP contribution in [0.15, 0.2) is 18.2 Å². The molecule has 0 aliphatic heterocycles. The van der Waals surface area contributed by atoms with Gasteiger partial charge in [0.15, 0.2) is 0 Å². The van der Waals surface area contributed by atoms with Crippen molar-refractivity contribution in [1.82, 2.24) is 0 Å². The summed E-state index contributed by atoms with van der Waals surface area (Å²) in [5.41, 5.74) is 0.969. The van der Waals surface area contributed by atoms with Crippen molar-refractivity contribution in [3.63, 3.8) is 0 Å². The molecule has 1 aliphatic carbocycles. The Kier molecular flexibility index (Phi) is 5.40. The molecule has 0 aromatic heterocycles. The van der Waals surface area contributed by atoms with Gasteiger partial charge in [0, 0.05) is 18.8 Å². The fourth-order valence-corrected chi connectivity index (χ4v) is 2.03. The van der Waals surface area contributed by atoms with Crippen molar-refractivity contribution in [2.45, 2.75) is 45.8 Å². The molecule has 0 radical (unpaired) electrons. The normalized spacial score (nSPS) is 15.7. The first-order valence-corrected chi connectivity index (χ1v) is 7.83. The lowest BCUT2D eigenvalue weighted by Crippen LogP contribution is -2.29. The SMILES string of the molecule is CC(OCC1CC1)C(=O)Nc1ccc(N(C)C(C)C)c(F)c1. The van der Waals surface area contributed by atoms with E-state index in [1.54, 1.807) is 19.1 Å². The summed E-state index contributed by atoms with van der Waals surface area (Å²) in [6.45, 7) is 6.33. The lowest BCUT2D eigenvalue weighted by atomic mass is 10.2. The molecule has 1 fully saturated rings. The molecule has 0 spiro atoms. The Balaban J connectivity index is 1.94. The van der Waals surface area contributed by atoms with Crippen LogP contribution in [0.25, 0.3) is 0 Å². The van der Waals surface area contributed by atoms with E-state index in [1.807, 2.05) is 25.8 Å². The topological polar surface area (TPSA) is 41.6 Å². The third-order valence-corrected chi connectivity index (χ3v) is 4.02. The molecule has 2 rings (SSSR count). The number of hydrogen-bond acceptors (Lipinski definition) is 3. The second-order valence-corrected chi connectivity index (χ2v) is 6.28. The van der Waals surface area contributed by atoms with Crippen molar-refractivity contribution >= 4 is 17.3 Å². The van der Waals surface area contributed by atoms with E-state index in [2.05, 4.69) is 5.32 Å². The number of amides is 1. The fraction of sp³-hybridized carbons (Fsp3) is 0.588. The van der Waals surface area contributed by atoms with Gasteiger partial charge < -0.3 is 15.0 Å². The minimum Gasteiger partial charge on any atom is -0.370 e. The van der Waals surface area contributed by atoms with Gasteiger partial charge in [-0.1, -0.05) is 0 Å². The van der Waals surface area contributed by atoms with Crippen LogP contribution in [0.1, 0.15) is 33.6 Å². The standard InChI is InChI=1S/C17H25FN2O2/c1-11(2)20(4)16-8-7-14(9-15(16)18)19-17(21)12(3)22-10-13-5-6-13/h7-9,11-13H,5-6,10H2,1-4H3,(H,19,21). The molecule has 1 aromatic rings. The van der Waals surface area contributed by atoms with Gasteiger partial charge in [-0.15, -0.1) is 0 Å². The average Bonchev–Trinajstić information content (AvgIpc) is 3.28. The minimum absolute atomic E-state index is 0.200. The quantitative estimate of drug-likeness (QED) is 0.839. The van der Waals surface area contributed by atoms with Crippen molar-refractivity contribution in [3.05, 3.63) is 24.0 Å². The Hall–Kier alpha value is -1.62. The zero-order valence-electron chi connectivity index (χ0n) is 13.7. The van der Waals surface area contributed by atoms with Gasteiger partial charge in [0.05, 0.1) is 12.3 Å². The maximum Gasteiger partial charge on any atom is 0.253 e. The Labute approximate surface area is 131 Å². The van der Waals surface area contributed by atoms with Gasteiger partial charge >= 0.3 is 0 Å². The third-order valence-electron chi connectivity index (χ3n) is 4.02. The maximum atomic E-state index is 14.2. The van der Waals surface area contributed by atoms with Crippen LogP contribution in [-0.2, 0) is 9.53 Å². The molecule has 1 amide bonds. The summed E-state index contributed by atoms with van der Waals surface area (Å²) < 4.78 is 19.7. The fourth-order valence-electron chi connectivity index (χ4n) is 2.03. The summed E-state index contributed by atoms with van der Waals surface area (Å²) >= 11 is 0. The number of halogens is 1. The van der Waals surface area contributed by atoms with Crippen LogP contribution >= 0.6 is 0 Å². The second kappa shape index (κ2) is 7.09. The first-order valence-electron chi connectivity index (χ1n) is 7.83. The van der Waals surface area contributed by atoms with E-state index in [4.69, 9.17) is 4.74 Å². The van der Waals surface area contributed by atoms with E-state index < -0.39 is 6.10 Å². The van der Waals surface area contributed by atoms with Crippen molar-refractivity contribution in [2.24, 2.45) is 5.92 Å². The Morgan fingerprint density at radius 3 is 2.64 bits per heavy atom. The van der Waals surface area contributed by atoms with Gasteiger partial charge in [-0.3, -0.25) is 4.79 Å². The number of carbonyl (C=O) groups excluding carboxylic acids is 1. The van der Waals surface area contributed by atoms with Gasteiger partial charge in [0.1, 0.15) is 11.9 Å². The molecular weight excluding hydrogens is 283 g/mol. The van der Waals surface area contributed by atoms with Crippen LogP contribution in [0, 0.1) is 11.7 Å². The number of anilines is 2. The summed E-state index contributed by atoms with van der Waals surface area (Å²) in [5, 5.41) is 2.70. The summed E-state index contributed by atoms with van der Waals surface area (Å²) in [7, 11) is 1.84. The molecule has 122 valence electrons. The molecule has 1 unspecified atom stereocenters. The molecule has 0 heterocycles. The number of carbonyl (C=O) groups is 1. The highest BCUT2D eigenvalue weighted by Crippen LogP contribution is 2.29. The van der Waals surface area contributed by atoms with E-state index in [0.717, 1.165) is 0 Å². The molecule has 1 aliphatic rings. The number of ether oxygens (including phenoxy) is 1. The second-order valence-electron chi connectivity index (χ2n) is 6.28. The largest absolute Gasteiger partial charge is 0.370 e. The van der Waals surface area contributed by atoms with Crippen molar-refractivity contribution in [1.29, 1.82) is 0 Å². The number of benzene rings is 1. The molecule has 0 bridgehead atoms. The lowest BCUT2D eigenvalue weighted by molar-refractivity contribution is -0.126. The van der Waals surface area contributed by atoms with Crippen LogP contribution in [0.5, 0.6) is 0 Å². The summed E-state index contributed by atoms with van der Waals surface area (Å²) in [6, 6.07) is 4.94. The highest BCUT2D eigenvalue weighted by molar-refractivity contribution is 5.94. The van der Waals surface area contributed by atoms with Crippen LogP contribution in [-0.4, -0.2) is 31.7 Å². The third kappa shape index (κ3) is 4.44. The first-order chi connectivity index (χ1) is 10.4. The average molecular weight is 308 g/mol. The van der Waals surface area contributed by atoms with E-state index in [0.29, 0.717) is 23.9 Å². The summed E-state index contributed by atoms with van der Waals surface area (Å²) in [6.07, 6.45) is 1.84. The Morgan fingerprint density at radius 1 is 1.41 bits per heavy atom. The lowest BCUT2D eigenvalue weighted by Gasteiger charge is -2.24. The van der Waals surface area contributed by atoms with Crippen LogP contribution in [0.2, 0.25) is 0 Å². The minimum atomic E-state index is -0.526. The van der Waals surface area contributed by atoms with Crippen LogP contribution in [0.4, 0.5) is 15.8 Å². The summed E-state index contributed by atoms with van der Waals surface area (Å²) in [4.78, 5) is 13.9. The molecule has 1 aromatic carbocycles. The van der Waals surface area contributed by atoms with E-state index in [-0.39, 0.29) is 17.8 Å². The predicted octanol–water partition coefficient (Wildman–Crippen LogP) is 3.42. The van der Waals surface area contributed by atoms with Crippen LogP contribution < -0.4 is 10.2 Å². The zero-order valence-corrected chi connectivity index (χ0v) is 13.7.